The molecule has 3 rings (SSSR count). The Bertz CT molecular complexity index is 606. The summed E-state index contributed by atoms with van der Waals surface area (Å²) in [4.78, 5) is 14.5. The summed E-state index contributed by atoms with van der Waals surface area (Å²) in [5, 5.41) is 10.6. The molecule has 3 unspecified atom stereocenters. The molecule has 2 heterocycles. The monoisotopic (exact) mass is 289 g/mol. The Morgan fingerprint density at radius 1 is 1.29 bits per heavy atom. The standard InChI is InChI=1S/C17H23NO3/c1-15(2,3)21-14(20)18-16(4)10-13(19)17(18,5)12-9-7-6-8-11(12)16/h6-9,13,19H,10H2,1-5H3. The normalized spacial score (nSPS) is 34.0. The Labute approximate surface area is 125 Å². The van der Waals surface area contributed by atoms with Crippen molar-refractivity contribution in [3.63, 3.8) is 0 Å². The maximum Gasteiger partial charge on any atom is 0.411 e. The van der Waals surface area contributed by atoms with Crippen LogP contribution in [-0.2, 0) is 15.8 Å². The van der Waals surface area contributed by atoms with E-state index in [1.807, 2.05) is 58.9 Å². The van der Waals surface area contributed by atoms with Crippen LogP contribution in [0, 0.1) is 0 Å². The lowest BCUT2D eigenvalue weighted by atomic mass is 9.76. The van der Waals surface area contributed by atoms with Gasteiger partial charge in [-0.25, -0.2) is 4.79 Å². The molecule has 1 amide bonds. The van der Waals surface area contributed by atoms with Gasteiger partial charge < -0.3 is 9.84 Å². The number of benzene rings is 1. The van der Waals surface area contributed by atoms with Crippen molar-refractivity contribution in [2.75, 3.05) is 0 Å². The molecule has 1 aromatic carbocycles. The molecule has 2 aliphatic heterocycles. The number of fused-ring (bicyclic) bond motifs is 5. The van der Waals surface area contributed by atoms with Gasteiger partial charge in [0.05, 0.1) is 17.2 Å². The van der Waals surface area contributed by atoms with Crippen LogP contribution >= 0.6 is 0 Å². The van der Waals surface area contributed by atoms with Crippen LogP contribution in [-0.4, -0.2) is 27.8 Å². The highest BCUT2D eigenvalue weighted by atomic mass is 16.6. The molecule has 2 bridgehead atoms. The number of ether oxygens (including phenoxy) is 1. The van der Waals surface area contributed by atoms with Gasteiger partial charge in [-0.3, -0.25) is 4.90 Å². The third kappa shape index (κ3) is 1.75. The maximum atomic E-state index is 12.7. The lowest BCUT2D eigenvalue weighted by Crippen LogP contribution is -2.49. The molecule has 1 fully saturated rings. The molecule has 2 aliphatic rings. The third-order valence-electron chi connectivity index (χ3n) is 4.83. The van der Waals surface area contributed by atoms with E-state index in [4.69, 9.17) is 4.74 Å². The van der Waals surface area contributed by atoms with Crippen molar-refractivity contribution in [3.05, 3.63) is 35.4 Å². The van der Waals surface area contributed by atoms with Gasteiger partial charge in [0.2, 0.25) is 0 Å². The van der Waals surface area contributed by atoms with Gasteiger partial charge in [-0.1, -0.05) is 24.3 Å². The Balaban J connectivity index is 2.11. The topological polar surface area (TPSA) is 49.8 Å². The number of hydrogen-bond acceptors (Lipinski definition) is 3. The molecule has 4 nitrogen and oxygen atoms in total. The van der Waals surface area contributed by atoms with Crippen molar-refractivity contribution >= 4 is 6.09 Å². The van der Waals surface area contributed by atoms with Gasteiger partial charge in [-0.05, 0) is 45.7 Å². The fourth-order valence-electron chi connectivity index (χ4n) is 3.95. The maximum absolute atomic E-state index is 12.7. The van der Waals surface area contributed by atoms with Crippen LogP contribution in [0.25, 0.3) is 0 Å². The minimum atomic E-state index is -0.715. The zero-order valence-corrected chi connectivity index (χ0v) is 13.3. The molecule has 4 heteroatoms. The Morgan fingerprint density at radius 3 is 2.43 bits per heavy atom. The molecule has 3 atom stereocenters. The first-order valence-electron chi connectivity index (χ1n) is 7.42. The number of hydrogen-bond donors (Lipinski definition) is 1. The number of amides is 1. The van der Waals surface area contributed by atoms with E-state index in [9.17, 15) is 9.90 Å². The van der Waals surface area contributed by atoms with E-state index in [1.165, 1.54) is 0 Å². The predicted octanol–water partition coefficient (Wildman–Crippen LogP) is 3.13. The summed E-state index contributed by atoms with van der Waals surface area (Å²) in [5.74, 6) is 0. The summed E-state index contributed by atoms with van der Waals surface area (Å²) >= 11 is 0. The average Bonchev–Trinajstić information content (AvgIpc) is 2.67. The third-order valence-corrected chi connectivity index (χ3v) is 4.83. The van der Waals surface area contributed by atoms with Crippen LogP contribution in [0.2, 0.25) is 0 Å². The highest BCUT2D eigenvalue weighted by molar-refractivity contribution is 5.75. The summed E-state index contributed by atoms with van der Waals surface area (Å²) in [6, 6.07) is 7.98. The van der Waals surface area contributed by atoms with E-state index in [1.54, 1.807) is 4.90 Å². The number of carbonyl (C=O) groups excluding carboxylic acids is 1. The van der Waals surface area contributed by atoms with E-state index in [-0.39, 0.29) is 6.09 Å². The summed E-state index contributed by atoms with van der Waals surface area (Å²) in [6.45, 7) is 9.52. The van der Waals surface area contributed by atoms with Crippen LogP contribution in [0.5, 0.6) is 0 Å². The molecule has 1 N–H and O–H groups in total. The molecule has 1 aromatic rings. The number of rotatable bonds is 0. The van der Waals surface area contributed by atoms with Gasteiger partial charge in [-0.15, -0.1) is 0 Å². The van der Waals surface area contributed by atoms with Crippen molar-refractivity contribution in [3.8, 4) is 0 Å². The summed E-state index contributed by atoms with van der Waals surface area (Å²) in [7, 11) is 0. The Morgan fingerprint density at radius 2 is 1.86 bits per heavy atom. The van der Waals surface area contributed by atoms with Crippen LogP contribution in [0.3, 0.4) is 0 Å². The zero-order chi connectivity index (χ0) is 15.6. The smallest absolute Gasteiger partial charge is 0.411 e. The minimum Gasteiger partial charge on any atom is -0.444 e. The van der Waals surface area contributed by atoms with E-state index in [0.717, 1.165) is 11.1 Å². The second kappa shape index (κ2) is 4.01. The Hall–Kier alpha value is -1.55. The highest BCUT2D eigenvalue weighted by Gasteiger charge is 2.66. The molecular weight excluding hydrogens is 266 g/mol. The molecule has 0 aromatic heterocycles. The summed E-state index contributed by atoms with van der Waals surface area (Å²) < 4.78 is 5.59. The highest BCUT2D eigenvalue weighted by Crippen LogP contribution is 2.60. The number of carbonyl (C=O) groups is 1. The zero-order valence-electron chi connectivity index (χ0n) is 13.3. The van der Waals surface area contributed by atoms with E-state index in [2.05, 4.69) is 0 Å². The molecular formula is C17H23NO3. The first kappa shape index (κ1) is 14.4. The summed E-state index contributed by atoms with van der Waals surface area (Å²) in [6.07, 6.45) is -0.398. The molecule has 114 valence electrons. The Kier molecular flexibility index (Phi) is 2.74. The molecule has 1 saturated heterocycles. The SMILES string of the molecule is CC(C)(C)OC(=O)N1C2(C)CC(O)C1(C)c1ccccc12. The number of nitrogens with zero attached hydrogens (tertiary/aromatic N) is 1. The average molecular weight is 289 g/mol. The molecule has 0 aliphatic carbocycles. The predicted molar refractivity (Wildman–Crippen MR) is 79.8 cm³/mol. The lowest BCUT2D eigenvalue weighted by Gasteiger charge is -2.37. The second-order valence-corrected chi connectivity index (χ2v) is 7.50. The largest absolute Gasteiger partial charge is 0.444 e. The van der Waals surface area contributed by atoms with Crippen molar-refractivity contribution in [2.24, 2.45) is 0 Å². The van der Waals surface area contributed by atoms with E-state index >= 15 is 0 Å². The van der Waals surface area contributed by atoms with E-state index < -0.39 is 22.8 Å². The van der Waals surface area contributed by atoms with Gasteiger partial charge in [-0.2, -0.15) is 0 Å². The van der Waals surface area contributed by atoms with Crippen LogP contribution in [0.1, 0.15) is 52.2 Å². The van der Waals surface area contributed by atoms with Gasteiger partial charge in [0.25, 0.3) is 0 Å². The van der Waals surface area contributed by atoms with Crippen LogP contribution < -0.4 is 0 Å². The van der Waals surface area contributed by atoms with Gasteiger partial charge in [0, 0.05) is 6.42 Å². The van der Waals surface area contributed by atoms with Gasteiger partial charge in [0.15, 0.2) is 0 Å². The van der Waals surface area contributed by atoms with Crippen molar-refractivity contribution in [2.45, 2.75) is 63.8 Å². The van der Waals surface area contributed by atoms with Crippen molar-refractivity contribution in [1.29, 1.82) is 0 Å². The fourth-order valence-corrected chi connectivity index (χ4v) is 3.95. The lowest BCUT2D eigenvalue weighted by molar-refractivity contribution is -0.0214. The van der Waals surface area contributed by atoms with E-state index in [0.29, 0.717) is 6.42 Å². The summed E-state index contributed by atoms with van der Waals surface area (Å²) in [5.41, 5.74) is 0.366. The molecule has 0 spiro atoms. The first-order chi connectivity index (χ1) is 9.60. The minimum absolute atomic E-state index is 0.361. The fraction of sp³-hybridized carbons (Fsp3) is 0.588. The van der Waals surface area contributed by atoms with Crippen LogP contribution in [0.4, 0.5) is 4.79 Å². The van der Waals surface area contributed by atoms with Gasteiger partial charge >= 0.3 is 6.09 Å². The van der Waals surface area contributed by atoms with Crippen LogP contribution in [0.15, 0.2) is 24.3 Å². The molecule has 0 radical (unpaired) electrons. The second-order valence-electron chi connectivity index (χ2n) is 7.50. The number of aliphatic hydroxyl groups is 1. The van der Waals surface area contributed by atoms with Crippen molar-refractivity contribution < 1.29 is 14.6 Å². The quantitative estimate of drug-likeness (QED) is 0.798. The van der Waals surface area contributed by atoms with Gasteiger partial charge in [0.1, 0.15) is 5.60 Å². The number of aliphatic hydroxyl groups excluding tert-OH is 1. The van der Waals surface area contributed by atoms with Crippen molar-refractivity contribution in [1.82, 2.24) is 4.90 Å². The first-order valence-corrected chi connectivity index (χ1v) is 7.42. The molecule has 0 saturated carbocycles. The molecule has 21 heavy (non-hydrogen) atoms.